The highest BCUT2D eigenvalue weighted by Gasteiger charge is 2.49. The zero-order chi connectivity index (χ0) is 20.3. The molecule has 5 aliphatic rings. The monoisotopic (exact) mass is 413 g/mol. The van der Waals surface area contributed by atoms with Gasteiger partial charge in [0, 0.05) is 0 Å². The van der Waals surface area contributed by atoms with E-state index >= 15 is 0 Å². The molecule has 0 heterocycles. The molecule has 0 radical (unpaired) electrons. The third-order valence-corrected chi connectivity index (χ3v) is 8.30. The van der Waals surface area contributed by atoms with Crippen LogP contribution < -0.4 is 10.5 Å². The number of ether oxygens (including phenoxy) is 1. The Kier molecular flexibility index (Phi) is 6.64. The highest BCUT2D eigenvalue weighted by atomic mass is 17.2. The second-order valence-corrected chi connectivity index (χ2v) is 10.6. The van der Waals surface area contributed by atoms with Gasteiger partial charge < -0.3 is 10.5 Å². The van der Waals surface area contributed by atoms with E-state index in [0.717, 1.165) is 61.0 Å². The predicted octanol–water partition coefficient (Wildman–Crippen LogP) is 5.29. The minimum atomic E-state index is 0.303. The Bertz CT molecular complexity index is 639. The van der Waals surface area contributed by atoms with Crippen LogP contribution in [0.3, 0.4) is 0 Å². The molecule has 5 aliphatic carbocycles. The molecule has 0 spiro atoms. The molecule has 4 bridgehead atoms. The van der Waals surface area contributed by atoms with E-state index in [2.05, 4.69) is 24.3 Å². The fraction of sp³-hybridized carbons (Fsp3) is 0.769. The summed E-state index contributed by atoms with van der Waals surface area (Å²) in [6.45, 7) is 1.38. The summed E-state index contributed by atoms with van der Waals surface area (Å²) in [7, 11) is 0. The summed E-state index contributed by atoms with van der Waals surface area (Å²) in [5.41, 5.74) is 6.93. The molecule has 4 heteroatoms. The number of hydrogen-bond acceptors (Lipinski definition) is 4. The van der Waals surface area contributed by atoms with Gasteiger partial charge in [0.05, 0.1) is 18.8 Å². The first kappa shape index (κ1) is 20.8. The van der Waals surface area contributed by atoms with E-state index in [-0.39, 0.29) is 0 Å². The Labute approximate surface area is 181 Å². The molecule has 5 fully saturated rings. The van der Waals surface area contributed by atoms with Crippen molar-refractivity contribution in [2.24, 2.45) is 35.3 Å². The van der Waals surface area contributed by atoms with Crippen LogP contribution in [0.5, 0.6) is 5.75 Å². The fourth-order valence-corrected chi connectivity index (χ4v) is 6.94. The van der Waals surface area contributed by atoms with Gasteiger partial charge in [-0.05, 0) is 124 Å². The van der Waals surface area contributed by atoms with Gasteiger partial charge in [-0.25, -0.2) is 9.78 Å². The maximum atomic E-state index is 6.14. The van der Waals surface area contributed by atoms with Crippen molar-refractivity contribution < 1.29 is 14.5 Å². The van der Waals surface area contributed by atoms with Gasteiger partial charge in [0.25, 0.3) is 0 Å². The van der Waals surface area contributed by atoms with Gasteiger partial charge in [0.2, 0.25) is 0 Å². The largest absolute Gasteiger partial charge is 0.494 e. The van der Waals surface area contributed by atoms with Crippen LogP contribution in [0.1, 0.15) is 69.8 Å². The molecular formula is C26H39NO3. The standard InChI is InChI=1S/C26H39NO3/c27-10-1-11-28-24-6-2-18(3-7-24)12-19-4-8-25(9-5-19)29-30-26-22-14-20-13-21(16-22)17-23(26)15-20/h2-3,6-7,19-23,25-26H,1,4-5,8-17,27H2. The zero-order valence-electron chi connectivity index (χ0n) is 18.3. The van der Waals surface area contributed by atoms with Gasteiger partial charge in [0.15, 0.2) is 0 Å². The van der Waals surface area contributed by atoms with Crippen molar-refractivity contribution in [3.8, 4) is 5.75 Å². The number of rotatable bonds is 9. The summed E-state index contributed by atoms with van der Waals surface area (Å²) >= 11 is 0. The van der Waals surface area contributed by atoms with E-state index in [9.17, 15) is 0 Å². The van der Waals surface area contributed by atoms with Crippen LogP contribution in [0.4, 0.5) is 0 Å². The number of hydrogen-bond donors (Lipinski definition) is 1. The van der Waals surface area contributed by atoms with Crippen molar-refractivity contribution in [2.45, 2.75) is 82.8 Å². The Morgan fingerprint density at radius 1 is 0.800 bits per heavy atom. The van der Waals surface area contributed by atoms with Gasteiger partial charge >= 0.3 is 0 Å². The van der Waals surface area contributed by atoms with Crippen molar-refractivity contribution in [2.75, 3.05) is 13.2 Å². The number of benzene rings is 1. The fourth-order valence-electron chi connectivity index (χ4n) is 6.94. The van der Waals surface area contributed by atoms with Crippen molar-refractivity contribution in [3.05, 3.63) is 29.8 Å². The molecule has 1 aromatic carbocycles. The minimum Gasteiger partial charge on any atom is -0.494 e. The second kappa shape index (κ2) is 9.58. The van der Waals surface area contributed by atoms with Crippen LogP contribution in [-0.2, 0) is 16.2 Å². The molecule has 0 aliphatic heterocycles. The van der Waals surface area contributed by atoms with Gasteiger partial charge in [-0.3, -0.25) is 0 Å². The Morgan fingerprint density at radius 2 is 1.47 bits per heavy atom. The van der Waals surface area contributed by atoms with Gasteiger partial charge in [-0.15, -0.1) is 0 Å². The van der Waals surface area contributed by atoms with Crippen LogP contribution in [0, 0.1) is 29.6 Å². The molecular weight excluding hydrogens is 374 g/mol. The smallest absolute Gasteiger partial charge is 0.119 e. The Balaban J connectivity index is 1.02. The highest BCUT2D eigenvalue weighted by molar-refractivity contribution is 5.27. The highest BCUT2D eigenvalue weighted by Crippen LogP contribution is 2.54. The van der Waals surface area contributed by atoms with Crippen LogP contribution in [0.15, 0.2) is 24.3 Å². The summed E-state index contributed by atoms with van der Waals surface area (Å²) < 4.78 is 5.71. The minimum absolute atomic E-state index is 0.303. The molecule has 0 saturated heterocycles. The van der Waals surface area contributed by atoms with Gasteiger partial charge in [0.1, 0.15) is 5.75 Å². The first-order chi connectivity index (χ1) is 14.8. The molecule has 1 aromatic rings. The molecule has 0 amide bonds. The van der Waals surface area contributed by atoms with Gasteiger partial charge in [-0.1, -0.05) is 12.1 Å². The molecule has 166 valence electrons. The van der Waals surface area contributed by atoms with Crippen LogP contribution in [-0.4, -0.2) is 25.4 Å². The Hall–Kier alpha value is -1.10. The van der Waals surface area contributed by atoms with E-state index in [1.54, 1.807) is 0 Å². The predicted molar refractivity (Wildman–Crippen MR) is 118 cm³/mol. The van der Waals surface area contributed by atoms with E-state index < -0.39 is 0 Å². The quantitative estimate of drug-likeness (QED) is 0.340. The molecule has 0 unspecified atom stereocenters. The second-order valence-electron chi connectivity index (χ2n) is 10.6. The lowest BCUT2D eigenvalue weighted by Gasteiger charge is -2.53. The topological polar surface area (TPSA) is 53.7 Å². The van der Waals surface area contributed by atoms with Crippen molar-refractivity contribution in [1.29, 1.82) is 0 Å². The summed E-state index contributed by atoms with van der Waals surface area (Å²) in [4.78, 5) is 12.2. The summed E-state index contributed by atoms with van der Waals surface area (Å²) in [6, 6.07) is 8.63. The summed E-state index contributed by atoms with van der Waals surface area (Å²) in [6.07, 6.45) is 14.6. The third kappa shape index (κ3) is 4.87. The lowest BCUT2D eigenvalue weighted by molar-refractivity contribution is -0.384. The molecule has 2 N–H and O–H groups in total. The van der Waals surface area contributed by atoms with E-state index in [0.29, 0.717) is 25.4 Å². The van der Waals surface area contributed by atoms with Crippen molar-refractivity contribution in [1.82, 2.24) is 0 Å². The van der Waals surface area contributed by atoms with E-state index in [1.807, 2.05) is 0 Å². The summed E-state index contributed by atoms with van der Waals surface area (Å²) in [5, 5.41) is 0. The lowest BCUT2D eigenvalue weighted by atomic mass is 9.55. The Morgan fingerprint density at radius 3 is 2.10 bits per heavy atom. The molecule has 0 aromatic heterocycles. The van der Waals surface area contributed by atoms with Gasteiger partial charge in [-0.2, -0.15) is 0 Å². The molecule has 5 saturated carbocycles. The maximum absolute atomic E-state index is 6.14. The van der Waals surface area contributed by atoms with Crippen LogP contribution >= 0.6 is 0 Å². The summed E-state index contributed by atoms with van der Waals surface area (Å²) in [5.74, 6) is 5.25. The van der Waals surface area contributed by atoms with Crippen molar-refractivity contribution in [3.63, 3.8) is 0 Å². The first-order valence-corrected chi connectivity index (χ1v) is 12.5. The molecule has 4 nitrogen and oxygen atoms in total. The maximum Gasteiger partial charge on any atom is 0.119 e. The molecule has 6 rings (SSSR count). The van der Waals surface area contributed by atoms with E-state index in [1.165, 1.54) is 50.5 Å². The van der Waals surface area contributed by atoms with E-state index in [4.69, 9.17) is 20.2 Å². The average Bonchev–Trinajstić information content (AvgIpc) is 2.75. The first-order valence-electron chi connectivity index (χ1n) is 12.5. The van der Waals surface area contributed by atoms with Crippen molar-refractivity contribution >= 4 is 0 Å². The zero-order valence-corrected chi connectivity index (χ0v) is 18.3. The third-order valence-electron chi connectivity index (χ3n) is 8.30. The normalized spacial score (nSPS) is 37.4. The van der Waals surface area contributed by atoms with Crippen LogP contribution in [0.2, 0.25) is 0 Å². The molecule has 30 heavy (non-hydrogen) atoms. The SMILES string of the molecule is NCCCOc1ccc(CC2CCC(OOC3C4CC5CC(C4)CC3C5)CC2)cc1. The average molecular weight is 414 g/mol. The lowest BCUT2D eigenvalue weighted by Crippen LogP contribution is -2.49. The van der Waals surface area contributed by atoms with Crippen LogP contribution in [0.25, 0.3) is 0 Å². The molecule has 0 atom stereocenters. The number of nitrogens with two attached hydrogens (primary N) is 1.